The number of amides is 1. The van der Waals surface area contributed by atoms with Crippen molar-refractivity contribution >= 4 is 15.9 Å². The third-order valence-electron chi connectivity index (χ3n) is 6.23. The molecule has 148 valence electrons. The molecule has 0 aromatic heterocycles. The van der Waals surface area contributed by atoms with E-state index in [-0.39, 0.29) is 34.7 Å². The van der Waals surface area contributed by atoms with Crippen LogP contribution in [0.25, 0.3) is 0 Å². The maximum absolute atomic E-state index is 13.1. The summed E-state index contributed by atoms with van der Waals surface area (Å²) < 4.78 is 40.3. The monoisotopic (exact) mass is 395 g/mol. The van der Waals surface area contributed by atoms with Crippen molar-refractivity contribution < 1.29 is 17.6 Å². The molecule has 1 aromatic rings. The highest BCUT2D eigenvalue weighted by atomic mass is 32.2. The number of hydrogen-bond acceptors (Lipinski definition) is 4. The number of halogens is 1. The molecule has 2 heterocycles. The second-order valence-electron chi connectivity index (χ2n) is 7.89. The van der Waals surface area contributed by atoms with Crippen LogP contribution in [0.1, 0.15) is 32.1 Å². The van der Waals surface area contributed by atoms with Crippen LogP contribution in [0.5, 0.6) is 0 Å². The molecule has 0 bridgehead atoms. The Labute approximate surface area is 159 Å². The van der Waals surface area contributed by atoms with Gasteiger partial charge in [0.2, 0.25) is 15.9 Å². The SMILES string of the molecule is O=C(N[C@@H]1CC[C@H]2CN(S(=O)(=O)c3ccc(F)cc3)C[C@H]21)C1CCCCN1. The van der Waals surface area contributed by atoms with Crippen molar-refractivity contribution in [1.29, 1.82) is 0 Å². The molecular formula is C19H26FN3O3S. The molecule has 0 radical (unpaired) electrons. The number of sulfonamides is 1. The number of fused-ring (bicyclic) bond motifs is 1. The van der Waals surface area contributed by atoms with Gasteiger partial charge in [-0.1, -0.05) is 6.42 Å². The fourth-order valence-corrected chi connectivity index (χ4v) is 6.25. The summed E-state index contributed by atoms with van der Waals surface area (Å²) in [5.41, 5.74) is 0. The van der Waals surface area contributed by atoms with Gasteiger partial charge in [0, 0.05) is 19.1 Å². The lowest BCUT2D eigenvalue weighted by molar-refractivity contribution is -0.124. The van der Waals surface area contributed by atoms with Crippen LogP contribution in [0.3, 0.4) is 0 Å². The number of nitrogens with one attached hydrogen (secondary N) is 2. The molecule has 2 saturated heterocycles. The second-order valence-corrected chi connectivity index (χ2v) is 9.83. The number of rotatable bonds is 4. The number of carbonyl (C=O) groups is 1. The topological polar surface area (TPSA) is 78.5 Å². The van der Waals surface area contributed by atoms with E-state index in [1.54, 1.807) is 0 Å². The Morgan fingerprint density at radius 1 is 1.11 bits per heavy atom. The molecule has 6 nitrogen and oxygen atoms in total. The van der Waals surface area contributed by atoms with Gasteiger partial charge >= 0.3 is 0 Å². The largest absolute Gasteiger partial charge is 0.352 e. The fraction of sp³-hybridized carbons (Fsp3) is 0.632. The van der Waals surface area contributed by atoms with E-state index < -0.39 is 15.8 Å². The summed E-state index contributed by atoms with van der Waals surface area (Å²) in [6, 6.07) is 4.87. The van der Waals surface area contributed by atoms with Gasteiger partial charge in [-0.05, 0) is 68.3 Å². The Kier molecular flexibility index (Phi) is 5.22. The molecule has 2 aliphatic heterocycles. The van der Waals surface area contributed by atoms with Crippen LogP contribution in [0.15, 0.2) is 29.2 Å². The van der Waals surface area contributed by atoms with E-state index in [1.165, 1.54) is 28.6 Å². The zero-order chi connectivity index (χ0) is 19.0. The number of nitrogens with zero attached hydrogens (tertiary/aromatic N) is 1. The zero-order valence-electron chi connectivity index (χ0n) is 15.2. The van der Waals surface area contributed by atoms with Gasteiger partial charge in [-0.25, -0.2) is 12.8 Å². The minimum atomic E-state index is -3.63. The van der Waals surface area contributed by atoms with E-state index in [1.807, 2.05) is 0 Å². The van der Waals surface area contributed by atoms with Crippen LogP contribution in [0, 0.1) is 17.7 Å². The van der Waals surface area contributed by atoms with Gasteiger partial charge in [0.05, 0.1) is 10.9 Å². The molecule has 27 heavy (non-hydrogen) atoms. The van der Waals surface area contributed by atoms with Crippen molar-refractivity contribution in [2.75, 3.05) is 19.6 Å². The number of piperidine rings is 1. The van der Waals surface area contributed by atoms with E-state index in [2.05, 4.69) is 10.6 Å². The Morgan fingerprint density at radius 2 is 1.89 bits per heavy atom. The third-order valence-corrected chi connectivity index (χ3v) is 8.08. The fourth-order valence-electron chi connectivity index (χ4n) is 4.71. The van der Waals surface area contributed by atoms with Gasteiger partial charge in [-0.15, -0.1) is 0 Å². The summed E-state index contributed by atoms with van der Waals surface area (Å²) in [6.45, 7) is 1.75. The van der Waals surface area contributed by atoms with Crippen molar-refractivity contribution in [3.63, 3.8) is 0 Å². The summed E-state index contributed by atoms with van der Waals surface area (Å²) in [5.74, 6) is 0.00383. The van der Waals surface area contributed by atoms with Gasteiger partial charge in [0.25, 0.3) is 0 Å². The third kappa shape index (κ3) is 3.75. The van der Waals surface area contributed by atoms with Crippen molar-refractivity contribution in [2.24, 2.45) is 11.8 Å². The molecule has 4 atom stereocenters. The standard InChI is InChI=1S/C19H26FN3O3S/c20-14-5-7-15(8-6-14)27(25,26)23-11-13-4-9-17(16(13)12-23)22-19(24)18-3-1-2-10-21-18/h5-8,13,16-18,21H,1-4,9-12H2,(H,22,24)/t13-,16+,17+,18?/m0/s1. The van der Waals surface area contributed by atoms with Gasteiger partial charge in [0.15, 0.2) is 0 Å². The normalized spacial score (nSPS) is 31.6. The first-order valence-corrected chi connectivity index (χ1v) is 11.2. The molecule has 1 aliphatic carbocycles. The maximum atomic E-state index is 13.1. The first-order valence-electron chi connectivity index (χ1n) is 9.74. The van der Waals surface area contributed by atoms with Gasteiger partial charge in [-0.2, -0.15) is 4.31 Å². The van der Waals surface area contributed by atoms with E-state index in [4.69, 9.17) is 0 Å². The van der Waals surface area contributed by atoms with E-state index >= 15 is 0 Å². The van der Waals surface area contributed by atoms with Crippen LogP contribution < -0.4 is 10.6 Å². The first-order chi connectivity index (χ1) is 12.9. The quantitative estimate of drug-likeness (QED) is 0.810. The molecule has 1 unspecified atom stereocenters. The lowest BCUT2D eigenvalue weighted by atomic mass is 9.97. The molecule has 4 rings (SSSR count). The van der Waals surface area contributed by atoms with Crippen molar-refractivity contribution in [3.05, 3.63) is 30.1 Å². The summed E-state index contributed by atoms with van der Waals surface area (Å²) in [7, 11) is -3.63. The van der Waals surface area contributed by atoms with Crippen LogP contribution in [-0.2, 0) is 14.8 Å². The molecule has 1 saturated carbocycles. The summed E-state index contributed by atoms with van der Waals surface area (Å²) in [6.07, 6.45) is 4.85. The maximum Gasteiger partial charge on any atom is 0.243 e. The summed E-state index contributed by atoms with van der Waals surface area (Å²) >= 11 is 0. The molecule has 8 heteroatoms. The predicted molar refractivity (Wildman–Crippen MR) is 98.9 cm³/mol. The molecular weight excluding hydrogens is 369 g/mol. The summed E-state index contributed by atoms with van der Waals surface area (Å²) in [4.78, 5) is 12.7. The highest BCUT2D eigenvalue weighted by Gasteiger charge is 2.47. The Balaban J connectivity index is 1.42. The molecule has 2 N–H and O–H groups in total. The zero-order valence-corrected chi connectivity index (χ0v) is 16.1. The number of carbonyl (C=O) groups excluding carboxylic acids is 1. The molecule has 3 aliphatic rings. The minimum Gasteiger partial charge on any atom is -0.352 e. The van der Waals surface area contributed by atoms with Gasteiger partial charge < -0.3 is 10.6 Å². The Hall–Kier alpha value is -1.51. The second kappa shape index (κ2) is 7.48. The molecule has 1 amide bonds. The number of benzene rings is 1. The Morgan fingerprint density at radius 3 is 2.59 bits per heavy atom. The van der Waals surface area contributed by atoms with Crippen molar-refractivity contribution in [1.82, 2.24) is 14.9 Å². The van der Waals surface area contributed by atoms with Crippen LogP contribution in [-0.4, -0.2) is 50.3 Å². The lowest BCUT2D eigenvalue weighted by Gasteiger charge is -2.27. The minimum absolute atomic E-state index is 0.0274. The van der Waals surface area contributed by atoms with E-state index in [0.717, 1.165) is 38.6 Å². The van der Waals surface area contributed by atoms with Crippen LogP contribution in [0.4, 0.5) is 4.39 Å². The predicted octanol–water partition coefficient (Wildman–Crippen LogP) is 1.48. The average Bonchev–Trinajstić information content (AvgIpc) is 3.25. The highest BCUT2D eigenvalue weighted by molar-refractivity contribution is 7.89. The highest BCUT2D eigenvalue weighted by Crippen LogP contribution is 2.40. The van der Waals surface area contributed by atoms with Crippen LogP contribution >= 0.6 is 0 Å². The summed E-state index contributed by atoms with van der Waals surface area (Å²) in [5, 5.41) is 6.43. The smallest absolute Gasteiger partial charge is 0.243 e. The van der Waals surface area contributed by atoms with E-state index in [9.17, 15) is 17.6 Å². The van der Waals surface area contributed by atoms with Crippen molar-refractivity contribution in [2.45, 2.75) is 49.1 Å². The lowest BCUT2D eigenvalue weighted by Crippen LogP contribution is -2.51. The van der Waals surface area contributed by atoms with Gasteiger partial charge in [-0.3, -0.25) is 4.79 Å². The first kappa shape index (κ1) is 18.8. The molecule has 3 fully saturated rings. The average molecular weight is 396 g/mol. The Bertz CT molecular complexity index is 793. The molecule has 0 spiro atoms. The number of hydrogen-bond donors (Lipinski definition) is 2. The van der Waals surface area contributed by atoms with E-state index in [0.29, 0.717) is 13.1 Å². The van der Waals surface area contributed by atoms with Crippen molar-refractivity contribution in [3.8, 4) is 0 Å². The van der Waals surface area contributed by atoms with Crippen LogP contribution in [0.2, 0.25) is 0 Å². The van der Waals surface area contributed by atoms with Gasteiger partial charge in [0.1, 0.15) is 5.82 Å². The molecule has 1 aromatic carbocycles.